The molecule has 1 saturated heterocycles. The molecule has 120 valence electrons. The van der Waals surface area contributed by atoms with Gasteiger partial charge in [-0.25, -0.2) is 0 Å². The molecule has 1 amide bonds. The van der Waals surface area contributed by atoms with Crippen molar-refractivity contribution >= 4 is 11.9 Å². The van der Waals surface area contributed by atoms with Crippen LogP contribution in [0.3, 0.4) is 0 Å². The first-order valence-corrected chi connectivity index (χ1v) is 8.26. The molecule has 1 N–H and O–H groups in total. The number of carbonyl (C=O) groups excluding carboxylic acids is 1. The van der Waals surface area contributed by atoms with Crippen LogP contribution >= 0.6 is 0 Å². The van der Waals surface area contributed by atoms with Crippen molar-refractivity contribution in [3.63, 3.8) is 0 Å². The molecule has 2 rings (SSSR count). The summed E-state index contributed by atoms with van der Waals surface area (Å²) in [6.45, 7) is 1.39. The summed E-state index contributed by atoms with van der Waals surface area (Å²) in [4.78, 5) is 24.9. The zero-order valence-electron chi connectivity index (χ0n) is 12.8. The molecule has 2 fully saturated rings. The Morgan fingerprint density at radius 3 is 2.67 bits per heavy atom. The molecule has 1 atom stereocenters. The lowest BCUT2D eigenvalue weighted by Gasteiger charge is -2.35. The van der Waals surface area contributed by atoms with Crippen molar-refractivity contribution in [2.45, 2.75) is 63.8 Å². The van der Waals surface area contributed by atoms with Gasteiger partial charge in [-0.2, -0.15) is 0 Å². The van der Waals surface area contributed by atoms with Gasteiger partial charge in [-0.1, -0.05) is 32.1 Å². The van der Waals surface area contributed by atoms with E-state index in [0.717, 1.165) is 18.8 Å². The molecule has 1 aliphatic heterocycles. The van der Waals surface area contributed by atoms with Crippen LogP contribution < -0.4 is 0 Å². The maximum Gasteiger partial charge on any atom is 0.305 e. The van der Waals surface area contributed by atoms with Gasteiger partial charge >= 0.3 is 5.97 Å². The first kappa shape index (κ1) is 16.3. The number of hydrogen-bond donors (Lipinski definition) is 1. The van der Waals surface area contributed by atoms with Crippen LogP contribution in [0, 0.1) is 5.92 Å². The first-order chi connectivity index (χ1) is 10.2. The van der Waals surface area contributed by atoms with E-state index in [9.17, 15) is 9.59 Å². The molecule has 21 heavy (non-hydrogen) atoms. The van der Waals surface area contributed by atoms with Crippen molar-refractivity contribution in [1.29, 1.82) is 0 Å². The SMILES string of the molecule is O=C(O)CC1COCCN1C(=O)CCCC1CCCCC1. The topological polar surface area (TPSA) is 66.8 Å². The summed E-state index contributed by atoms with van der Waals surface area (Å²) in [6.07, 6.45) is 9.26. The van der Waals surface area contributed by atoms with Gasteiger partial charge in [0, 0.05) is 13.0 Å². The molecule has 5 nitrogen and oxygen atoms in total. The molecule has 0 spiro atoms. The Balaban J connectivity index is 1.73. The molecule has 1 heterocycles. The zero-order chi connectivity index (χ0) is 15.1. The third kappa shape index (κ3) is 5.30. The maximum absolute atomic E-state index is 12.3. The minimum Gasteiger partial charge on any atom is -0.481 e. The highest BCUT2D eigenvalue weighted by atomic mass is 16.5. The van der Waals surface area contributed by atoms with Crippen molar-refractivity contribution in [1.82, 2.24) is 4.90 Å². The van der Waals surface area contributed by atoms with Gasteiger partial charge in [0.25, 0.3) is 0 Å². The minimum absolute atomic E-state index is 0.0195. The zero-order valence-corrected chi connectivity index (χ0v) is 12.8. The van der Waals surface area contributed by atoms with Crippen LogP contribution in [0.2, 0.25) is 0 Å². The quantitative estimate of drug-likeness (QED) is 0.817. The first-order valence-electron chi connectivity index (χ1n) is 8.26. The van der Waals surface area contributed by atoms with Crippen LogP contribution in [-0.4, -0.2) is 47.7 Å². The Bertz CT molecular complexity index is 352. The smallest absolute Gasteiger partial charge is 0.305 e. The molecule has 0 aromatic carbocycles. The van der Waals surface area contributed by atoms with Crippen LogP contribution in [0.1, 0.15) is 57.8 Å². The summed E-state index contributed by atoms with van der Waals surface area (Å²) >= 11 is 0. The number of ether oxygens (including phenoxy) is 1. The van der Waals surface area contributed by atoms with Crippen molar-refractivity contribution in [2.75, 3.05) is 19.8 Å². The van der Waals surface area contributed by atoms with Gasteiger partial charge < -0.3 is 14.7 Å². The molecule has 0 radical (unpaired) electrons. The van der Waals surface area contributed by atoms with Gasteiger partial charge in [0.2, 0.25) is 5.91 Å². The van der Waals surface area contributed by atoms with E-state index >= 15 is 0 Å². The highest BCUT2D eigenvalue weighted by Crippen LogP contribution is 2.28. The number of aliphatic carboxylic acids is 1. The minimum atomic E-state index is -0.870. The van der Waals surface area contributed by atoms with Crippen LogP contribution in [-0.2, 0) is 14.3 Å². The number of hydrogen-bond acceptors (Lipinski definition) is 3. The number of amides is 1. The fourth-order valence-corrected chi connectivity index (χ4v) is 3.52. The van der Waals surface area contributed by atoms with E-state index in [1.807, 2.05) is 0 Å². The lowest BCUT2D eigenvalue weighted by molar-refractivity contribution is -0.146. The van der Waals surface area contributed by atoms with E-state index in [0.29, 0.717) is 26.2 Å². The molecule has 5 heteroatoms. The van der Waals surface area contributed by atoms with E-state index in [4.69, 9.17) is 9.84 Å². The van der Waals surface area contributed by atoms with Crippen LogP contribution in [0.25, 0.3) is 0 Å². The largest absolute Gasteiger partial charge is 0.481 e. The van der Waals surface area contributed by atoms with E-state index in [1.54, 1.807) is 4.90 Å². The standard InChI is InChI=1S/C16H27NO4/c18-15(8-4-7-13-5-2-1-3-6-13)17-9-10-21-12-14(17)11-16(19)20/h13-14H,1-12H2,(H,19,20). The second-order valence-electron chi connectivity index (χ2n) is 6.31. The summed E-state index contributed by atoms with van der Waals surface area (Å²) in [5, 5.41) is 8.92. The van der Waals surface area contributed by atoms with Gasteiger partial charge in [0.05, 0.1) is 25.7 Å². The number of carboxylic acid groups (broad SMARTS) is 1. The van der Waals surface area contributed by atoms with Crippen molar-refractivity contribution in [3.05, 3.63) is 0 Å². The molecule has 0 bridgehead atoms. The van der Waals surface area contributed by atoms with Crippen molar-refractivity contribution in [2.24, 2.45) is 5.92 Å². The van der Waals surface area contributed by atoms with Gasteiger partial charge in [0.15, 0.2) is 0 Å². The third-order valence-electron chi connectivity index (χ3n) is 4.69. The maximum atomic E-state index is 12.3. The second kappa shape index (κ2) is 8.37. The monoisotopic (exact) mass is 297 g/mol. The van der Waals surface area contributed by atoms with E-state index in [-0.39, 0.29) is 18.4 Å². The highest BCUT2D eigenvalue weighted by molar-refractivity contribution is 5.77. The Morgan fingerprint density at radius 1 is 1.19 bits per heavy atom. The predicted molar refractivity (Wildman–Crippen MR) is 79.0 cm³/mol. The molecule has 1 saturated carbocycles. The van der Waals surface area contributed by atoms with Gasteiger partial charge in [-0.15, -0.1) is 0 Å². The lowest BCUT2D eigenvalue weighted by atomic mass is 9.86. The molecule has 1 unspecified atom stereocenters. The lowest BCUT2D eigenvalue weighted by Crippen LogP contribution is -2.49. The number of morpholine rings is 1. The van der Waals surface area contributed by atoms with Crippen LogP contribution in [0.15, 0.2) is 0 Å². The van der Waals surface area contributed by atoms with Crippen molar-refractivity contribution in [3.8, 4) is 0 Å². The molecular formula is C16H27NO4. The average molecular weight is 297 g/mol. The predicted octanol–water partition coefficient (Wildman–Crippen LogP) is 2.44. The van der Waals surface area contributed by atoms with Gasteiger partial charge in [0.1, 0.15) is 0 Å². The second-order valence-corrected chi connectivity index (χ2v) is 6.31. The molecule has 0 aromatic heterocycles. The van der Waals surface area contributed by atoms with Crippen molar-refractivity contribution < 1.29 is 19.4 Å². The number of rotatable bonds is 6. The summed E-state index contributed by atoms with van der Waals surface area (Å²) in [6, 6.07) is -0.293. The fraction of sp³-hybridized carbons (Fsp3) is 0.875. The Morgan fingerprint density at radius 2 is 1.95 bits per heavy atom. The molecule has 1 aliphatic carbocycles. The average Bonchev–Trinajstić information content (AvgIpc) is 2.48. The highest BCUT2D eigenvalue weighted by Gasteiger charge is 2.28. The van der Waals surface area contributed by atoms with Crippen LogP contribution in [0.5, 0.6) is 0 Å². The Kier molecular flexibility index (Phi) is 6.49. The van der Waals surface area contributed by atoms with E-state index in [1.165, 1.54) is 32.1 Å². The summed E-state index contributed by atoms with van der Waals surface area (Å²) in [5.41, 5.74) is 0. The van der Waals surface area contributed by atoms with Gasteiger partial charge in [-0.05, 0) is 18.8 Å². The molecule has 0 aromatic rings. The van der Waals surface area contributed by atoms with Gasteiger partial charge in [-0.3, -0.25) is 9.59 Å². The number of carboxylic acids is 1. The van der Waals surface area contributed by atoms with E-state index < -0.39 is 5.97 Å². The summed E-state index contributed by atoms with van der Waals surface area (Å²) in [5.74, 6) is 0.0249. The number of nitrogens with zero attached hydrogens (tertiary/aromatic N) is 1. The fourth-order valence-electron chi connectivity index (χ4n) is 3.52. The Labute approximate surface area is 126 Å². The Hall–Kier alpha value is -1.10. The summed E-state index contributed by atoms with van der Waals surface area (Å²) < 4.78 is 5.31. The number of carbonyl (C=O) groups is 2. The molecular weight excluding hydrogens is 270 g/mol. The van der Waals surface area contributed by atoms with Crippen LogP contribution in [0.4, 0.5) is 0 Å². The normalized spacial score (nSPS) is 24.0. The van der Waals surface area contributed by atoms with E-state index in [2.05, 4.69) is 0 Å². The summed E-state index contributed by atoms with van der Waals surface area (Å²) in [7, 11) is 0. The third-order valence-corrected chi connectivity index (χ3v) is 4.69. The molecule has 2 aliphatic rings.